The van der Waals surface area contributed by atoms with Crippen molar-refractivity contribution in [2.45, 2.75) is 24.4 Å². The molecule has 3 rings (SSSR count). The minimum absolute atomic E-state index is 0.00435. The van der Waals surface area contributed by atoms with Crippen LogP contribution in [0, 0.1) is 6.92 Å². The van der Waals surface area contributed by atoms with E-state index in [1.807, 2.05) is 14.0 Å². The maximum absolute atomic E-state index is 12.4. The van der Waals surface area contributed by atoms with Crippen LogP contribution in [-0.4, -0.2) is 56.1 Å². The zero-order valence-corrected chi connectivity index (χ0v) is 16.0. The third-order valence-corrected chi connectivity index (χ3v) is 5.80. The number of carboxylic acid groups (broad SMARTS) is 1. The third kappa shape index (κ3) is 4.90. The normalized spacial score (nSPS) is 16.5. The average Bonchev–Trinajstić information content (AvgIpc) is 3.28. The first-order valence-corrected chi connectivity index (χ1v) is 10.2. The SMILES string of the molecule is Cc1cc(S(=O)(=O)Nc2cscn2)ncc1N(C)C1CCNC1.O=CO. The Morgan fingerprint density at radius 2 is 2.19 bits per heavy atom. The molecule has 1 fully saturated rings. The number of likely N-dealkylation sites (N-methyl/N-ethyl adjacent to an activating group) is 1. The van der Waals surface area contributed by atoms with Crippen LogP contribution < -0.4 is 14.9 Å². The van der Waals surface area contributed by atoms with Crippen LogP contribution in [0.25, 0.3) is 0 Å². The van der Waals surface area contributed by atoms with Gasteiger partial charge in [-0.2, -0.15) is 8.42 Å². The van der Waals surface area contributed by atoms with Gasteiger partial charge in [0.2, 0.25) is 0 Å². The quantitative estimate of drug-likeness (QED) is 0.640. The van der Waals surface area contributed by atoms with Gasteiger partial charge in [-0.15, -0.1) is 11.3 Å². The second-order valence-electron chi connectivity index (χ2n) is 5.65. The summed E-state index contributed by atoms with van der Waals surface area (Å²) < 4.78 is 27.1. The van der Waals surface area contributed by atoms with E-state index in [2.05, 4.69) is 24.9 Å². The van der Waals surface area contributed by atoms with Gasteiger partial charge in [0.15, 0.2) is 10.8 Å². The highest BCUT2D eigenvalue weighted by atomic mass is 32.2. The van der Waals surface area contributed by atoms with Gasteiger partial charge in [-0.25, -0.2) is 9.97 Å². The smallest absolute Gasteiger partial charge is 0.290 e. The fourth-order valence-corrected chi connectivity index (χ4v) is 4.23. The first-order valence-electron chi connectivity index (χ1n) is 7.78. The zero-order chi connectivity index (χ0) is 19.2. The van der Waals surface area contributed by atoms with Crippen LogP contribution in [-0.2, 0) is 14.8 Å². The molecular weight excluding hydrogens is 378 g/mol. The van der Waals surface area contributed by atoms with E-state index >= 15 is 0 Å². The van der Waals surface area contributed by atoms with Crippen LogP contribution in [0.2, 0.25) is 0 Å². The van der Waals surface area contributed by atoms with E-state index in [-0.39, 0.29) is 11.5 Å². The molecule has 0 aliphatic carbocycles. The highest BCUT2D eigenvalue weighted by Crippen LogP contribution is 2.24. The van der Waals surface area contributed by atoms with Gasteiger partial charge < -0.3 is 15.3 Å². The number of aromatic nitrogens is 2. The second-order valence-corrected chi connectivity index (χ2v) is 8.00. The minimum atomic E-state index is -3.72. The molecule has 1 aliphatic heterocycles. The molecule has 9 nitrogen and oxygen atoms in total. The largest absolute Gasteiger partial charge is 0.483 e. The lowest BCUT2D eigenvalue weighted by Crippen LogP contribution is -2.34. The molecule has 2 aromatic heterocycles. The molecule has 3 N–H and O–H groups in total. The number of nitrogens with zero attached hydrogens (tertiary/aromatic N) is 3. The van der Waals surface area contributed by atoms with Gasteiger partial charge >= 0.3 is 0 Å². The van der Waals surface area contributed by atoms with Crippen LogP contribution >= 0.6 is 11.3 Å². The number of hydrogen-bond acceptors (Lipinski definition) is 8. The maximum Gasteiger partial charge on any atom is 0.290 e. The fraction of sp³-hybridized carbons (Fsp3) is 0.400. The molecule has 1 aliphatic rings. The summed E-state index contributed by atoms with van der Waals surface area (Å²) in [6.45, 7) is 3.59. The van der Waals surface area contributed by atoms with E-state index in [1.54, 1.807) is 23.2 Å². The van der Waals surface area contributed by atoms with E-state index in [0.717, 1.165) is 30.8 Å². The summed E-state index contributed by atoms with van der Waals surface area (Å²) in [4.78, 5) is 18.6. The summed E-state index contributed by atoms with van der Waals surface area (Å²) >= 11 is 1.33. The molecule has 1 atom stereocenters. The van der Waals surface area contributed by atoms with Crippen LogP contribution in [0.3, 0.4) is 0 Å². The average molecular weight is 399 g/mol. The molecule has 142 valence electrons. The number of sulfonamides is 1. The predicted octanol–water partition coefficient (Wildman–Crippen LogP) is 1.15. The molecule has 11 heteroatoms. The van der Waals surface area contributed by atoms with Gasteiger partial charge in [-0.3, -0.25) is 9.52 Å². The Balaban J connectivity index is 0.000000758. The topological polar surface area (TPSA) is 125 Å². The van der Waals surface area contributed by atoms with Crippen molar-refractivity contribution in [3.63, 3.8) is 0 Å². The van der Waals surface area contributed by atoms with Gasteiger partial charge in [0.25, 0.3) is 16.5 Å². The van der Waals surface area contributed by atoms with Crippen molar-refractivity contribution in [1.29, 1.82) is 0 Å². The van der Waals surface area contributed by atoms with Gasteiger partial charge in [0, 0.05) is 25.0 Å². The van der Waals surface area contributed by atoms with E-state index in [1.165, 1.54) is 11.3 Å². The lowest BCUT2D eigenvalue weighted by atomic mass is 10.2. The Morgan fingerprint density at radius 3 is 2.73 bits per heavy atom. The lowest BCUT2D eigenvalue weighted by molar-refractivity contribution is -0.122. The molecule has 1 unspecified atom stereocenters. The number of hydrogen-bond donors (Lipinski definition) is 3. The molecule has 2 aromatic rings. The van der Waals surface area contributed by atoms with Crippen molar-refractivity contribution in [3.05, 3.63) is 28.7 Å². The highest BCUT2D eigenvalue weighted by molar-refractivity contribution is 7.92. The minimum Gasteiger partial charge on any atom is -0.483 e. The number of rotatable bonds is 5. The molecule has 1 saturated heterocycles. The summed E-state index contributed by atoms with van der Waals surface area (Å²) in [5.74, 6) is 0.313. The molecule has 0 amide bonds. The van der Waals surface area contributed by atoms with Crippen LogP contribution in [0.1, 0.15) is 12.0 Å². The van der Waals surface area contributed by atoms with Crippen LogP contribution in [0.5, 0.6) is 0 Å². The Bertz CT molecular complexity index is 821. The number of pyridine rings is 1. The molecule has 0 aromatic carbocycles. The predicted molar refractivity (Wildman–Crippen MR) is 100 cm³/mol. The number of nitrogens with one attached hydrogen (secondary N) is 2. The Kier molecular flexibility index (Phi) is 6.89. The fourth-order valence-electron chi connectivity index (χ4n) is 2.66. The summed E-state index contributed by atoms with van der Waals surface area (Å²) in [6.07, 6.45) is 2.70. The van der Waals surface area contributed by atoms with Gasteiger partial charge in [0.1, 0.15) is 0 Å². The van der Waals surface area contributed by atoms with Crippen LogP contribution in [0.15, 0.2) is 28.2 Å². The van der Waals surface area contributed by atoms with E-state index in [4.69, 9.17) is 9.90 Å². The first kappa shape index (κ1) is 20.1. The molecular formula is C15H21N5O4S2. The number of anilines is 2. The summed E-state index contributed by atoms with van der Waals surface area (Å²) in [7, 11) is -1.70. The van der Waals surface area contributed by atoms with Gasteiger partial charge in [-0.1, -0.05) is 0 Å². The standard InChI is InChI=1S/C14H19N5O2S2.CH2O2/c1-10-5-14(23(20,21)18-13-8-22-9-17-13)16-7-12(10)19(2)11-3-4-15-6-11;2-1-3/h5,7-9,11,15,18H,3-4,6H2,1-2H3;1H,(H,2,3). The van der Waals surface area contributed by atoms with Crippen molar-refractivity contribution in [2.75, 3.05) is 29.8 Å². The summed E-state index contributed by atoms with van der Waals surface area (Å²) in [6, 6.07) is 2.01. The first-order chi connectivity index (χ1) is 12.4. The number of thiazole rings is 1. The number of carbonyl (C=O) groups is 1. The van der Waals surface area contributed by atoms with Gasteiger partial charge in [0.05, 0.1) is 17.4 Å². The lowest BCUT2D eigenvalue weighted by Gasteiger charge is -2.27. The van der Waals surface area contributed by atoms with E-state index in [0.29, 0.717) is 11.9 Å². The van der Waals surface area contributed by atoms with Crippen molar-refractivity contribution in [3.8, 4) is 0 Å². The molecule has 0 spiro atoms. The maximum atomic E-state index is 12.4. The molecule has 3 heterocycles. The van der Waals surface area contributed by atoms with Crippen molar-refractivity contribution < 1.29 is 18.3 Å². The van der Waals surface area contributed by atoms with Gasteiger partial charge in [-0.05, 0) is 31.5 Å². The molecule has 0 radical (unpaired) electrons. The highest BCUT2D eigenvalue weighted by Gasteiger charge is 2.23. The number of aryl methyl sites for hydroxylation is 1. The summed E-state index contributed by atoms with van der Waals surface area (Å²) in [5.41, 5.74) is 3.41. The Morgan fingerprint density at radius 1 is 1.46 bits per heavy atom. The monoisotopic (exact) mass is 399 g/mol. The van der Waals surface area contributed by atoms with Crippen molar-refractivity contribution in [2.24, 2.45) is 0 Å². The molecule has 0 saturated carbocycles. The third-order valence-electron chi connectivity index (χ3n) is 3.97. The molecule has 0 bridgehead atoms. The molecule has 26 heavy (non-hydrogen) atoms. The zero-order valence-electron chi connectivity index (χ0n) is 14.4. The van der Waals surface area contributed by atoms with Crippen molar-refractivity contribution >= 4 is 39.3 Å². The second kappa shape index (κ2) is 8.92. The summed E-state index contributed by atoms with van der Waals surface area (Å²) in [5, 5.41) is 11.9. The van der Waals surface area contributed by atoms with Crippen LogP contribution in [0.4, 0.5) is 11.5 Å². The Labute approximate surface area is 156 Å². The van der Waals surface area contributed by atoms with E-state index in [9.17, 15) is 8.42 Å². The Hall–Kier alpha value is -2.24. The van der Waals surface area contributed by atoms with Crippen molar-refractivity contribution in [1.82, 2.24) is 15.3 Å². The van der Waals surface area contributed by atoms with E-state index < -0.39 is 10.0 Å².